The van der Waals surface area contributed by atoms with E-state index in [0.29, 0.717) is 51.4 Å². The number of ether oxygens (including phenoxy) is 6. The first-order valence-electron chi connectivity index (χ1n) is 24.5. The standard InChI is InChI=1S/C48H82O19/c1-21(2)10-9-13-48(8,67-43-38(61)35(58)39(27(20-51)65-43)66-42-37(60)34(57)32(55)26(19-50)64-42)22-11-15-46(6)30(22)23(52)16-28-45(5)14-12-29(53)44(3,4)40(45)24(17-47(28,46)7)62-41-36(59)33(56)31(54)25(18-49)63-41/h10,22-43,49-61H,9,11-20H2,1-8H3/t22-,23+,24-,25+,26+,27+,28+,29-,30-,31+,32+,33-,34-,35+,36+,37+,38+,39+,40?,41+,42-,43-,45+,46+,47+,48-/m0/s1. The Labute approximate surface area is 393 Å². The molecule has 0 radical (unpaired) electrons. The molecular weight excluding hydrogens is 881 g/mol. The van der Waals surface area contributed by atoms with Crippen molar-refractivity contribution in [1.82, 2.24) is 0 Å². The van der Waals surface area contributed by atoms with Crippen LogP contribution in [-0.4, -0.2) is 202 Å². The number of fused-ring (bicyclic) bond motifs is 5. The highest BCUT2D eigenvalue weighted by Gasteiger charge is 2.74. The Hall–Kier alpha value is -1.02. The molecule has 3 saturated heterocycles. The van der Waals surface area contributed by atoms with Gasteiger partial charge < -0.3 is 94.8 Å². The van der Waals surface area contributed by atoms with Gasteiger partial charge in [-0.3, -0.25) is 0 Å². The summed E-state index contributed by atoms with van der Waals surface area (Å²) >= 11 is 0. The van der Waals surface area contributed by atoms with Crippen LogP contribution >= 0.6 is 0 Å². The van der Waals surface area contributed by atoms with Crippen molar-refractivity contribution in [2.45, 2.75) is 223 Å². The summed E-state index contributed by atoms with van der Waals surface area (Å²) in [6.07, 6.45) is -19.5. The maximum atomic E-state index is 12.7. The zero-order valence-electron chi connectivity index (χ0n) is 40.3. The van der Waals surface area contributed by atoms with Crippen molar-refractivity contribution in [3.05, 3.63) is 11.6 Å². The fraction of sp³-hybridized carbons (Fsp3) is 0.958. The van der Waals surface area contributed by atoms with Crippen molar-refractivity contribution in [3.63, 3.8) is 0 Å². The lowest BCUT2D eigenvalue weighted by Gasteiger charge is -2.72. The van der Waals surface area contributed by atoms with E-state index in [2.05, 4.69) is 26.8 Å². The number of hydrogen-bond acceptors (Lipinski definition) is 19. The molecule has 3 aliphatic heterocycles. The molecule has 7 aliphatic rings. The van der Waals surface area contributed by atoms with Gasteiger partial charge in [0.2, 0.25) is 0 Å². The second kappa shape index (κ2) is 19.8. The van der Waals surface area contributed by atoms with Crippen molar-refractivity contribution in [3.8, 4) is 0 Å². The highest BCUT2D eigenvalue weighted by molar-refractivity contribution is 5.22. The van der Waals surface area contributed by atoms with Gasteiger partial charge in [0.15, 0.2) is 18.9 Å². The van der Waals surface area contributed by atoms with Gasteiger partial charge in [0.25, 0.3) is 0 Å². The van der Waals surface area contributed by atoms with Crippen LogP contribution in [-0.2, 0) is 28.4 Å². The first kappa shape index (κ1) is 53.8. The zero-order valence-corrected chi connectivity index (χ0v) is 40.3. The van der Waals surface area contributed by atoms with Crippen molar-refractivity contribution in [2.75, 3.05) is 19.8 Å². The molecule has 4 saturated carbocycles. The van der Waals surface area contributed by atoms with Gasteiger partial charge in [0, 0.05) is 0 Å². The summed E-state index contributed by atoms with van der Waals surface area (Å²) in [4.78, 5) is 0. The number of allylic oxidation sites excluding steroid dienone is 2. The van der Waals surface area contributed by atoms with Crippen LogP contribution in [0.2, 0.25) is 0 Å². The highest BCUT2D eigenvalue weighted by Crippen LogP contribution is 2.76. The van der Waals surface area contributed by atoms with E-state index in [-0.39, 0.29) is 23.7 Å². The molecule has 0 aromatic rings. The molecule has 0 amide bonds. The lowest BCUT2D eigenvalue weighted by atomic mass is 9.34. The Balaban J connectivity index is 1.20. The summed E-state index contributed by atoms with van der Waals surface area (Å²) in [6, 6.07) is 0. The van der Waals surface area contributed by atoms with E-state index in [9.17, 15) is 66.4 Å². The predicted molar refractivity (Wildman–Crippen MR) is 235 cm³/mol. The fourth-order valence-electron chi connectivity index (χ4n) is 14.9. The number of rotatable bonds is 13. The van der Waals surface area contributed by atoms with Crippen molar-refractivity contribution >= 4 is 0 Å². The Kier molecular flexibility index (Phi) is 15.9. The summed E-state index contributed by atoms with van der Waals surface area (Å²) in [5, 5.41) is 142. The maximum absolute atomic E-state index is 12.7. The Morgan fingerprint density at radius 3 is 1.73 bits per heavy atom. The SMILES string of the molecule is CC(C)=CCC[C@](C)(O[C@@H]1O[C@H](CO)[C@@H](O[C@@H]2O[C@H](CO)[C@@H](O)[C@H](O)[C@H]2O)[C@H](O)[C@H]1O)[C@H]1CC[C@]2(C)[C@@H]1[C@H](O)C[C@@H]1[C@@]3(C)CC[C@H](O)C(C)(C)C3[C@@H](O[C@@H]3O[C@H](CO)[C@@H](O)[C@H](O)[C@H]3O)C[C@]12C. The van der Waals surface area contributed by atoms with E-state index in [4.69, 9.17) is 28.4 Å². The van der Waals surface area contributed by atoms with E-state index in [0.717, 1.165) is 5.57 Å². The lowest BCUT2D eigenvalue weighted by molar-refractivity contribution is -0.372. The minimum Gasteiger partial charge on any atom is -0.394 e. The molecule has 7 rings (SSSR count). The maximum Gasteiger partial charge on any atom is 0.187 e. The van der Waals surface area contributed by atoms with Gasteiger partial charge in [-0.1, -0.05) is 46.3 Å². The molecule has 0 aromatic heterocycles. The molecule has 388 valence electrons. The number of hydrogen-bond donors (Lipinski definition) is 13. The summed E-state index contributed by atoms with van der Waals surface area (Å²) < 4.78 is 37.2. The van der Waals surface area contributed by atoms with Gasteiger partial charge in [-0.15, -0.1) is 0 Å². The molecular formula is C48H82O19. The fourth-order valence-corrected chi connectivity index (χ4v) is 14.9. The van der Waals surface area contributed by atoms with Gasteiger partial charge >= 0.3 is 0 Å². The summed E-state index contributed by atoms with van der Waals surface area (Å²) in [6.45, 7) is 14.5. The molecule has 13 N–H and O–H groups in total. The largest absolute Gasteiger partial charge is 0.394 e. The van der Waals surface area contributed by atoms with Gasteiger partial charge in [-0.25, -0.2) is 0 Å². The third-order valence-corrected chi connectivity index (χ3v) is 18.7. The minimum absolute atomic E-state index is 0.0659. The minimum atomic E-state index is -1.82. The molecule has 1 unspecified atom stereocenters. The molecule has 0 spiro atoms. The quantitative estimate of drug-likeness (QED) is 0.0773. The van der Waals surface area contributed by atoms with Gasteiger partial charge in [-0.05, 0) is 117 Å². The van der Waals surface area contributed by atoms with Crippen LogP contribution in [0.15, 0.2) is 11.6 Å². The van der Waals surface area contributed by atoms with E-state index in [1.54, 1.807) is 0 Å². The van der Waals surface area contributed by atoms with Gasteiger partial charge in [0.05, 0.1) is 43.7 Å². The molecule has 3 heterocycles. The molecule has 0 aromatic carbocycles. The Bertz CT molecular complexity index is 1710. The third kappa shape index (κ3) is 9.03. The Morgan fingerprint density at radius 1 is 0.642 bits per heavy atom. The van der Waals surface area contributed by atoms with Crippen LogP contribution in [0.1, 0.15) is 107 Å². The Morgan fingerprint density at radius 2 is 1.18 bits per heavy atom. The van der Waals surface area contributed by atoms with E-state index >= 15 is 0 Å². The summed E-state index contributed by atoms with van der Waals surface area (Å²) in [5.41, 5.74) is -2.39. The van der Waals surface area contributed by atoms with Crippen LogP contribution < -0.4 is 0 Å². The van der Waals surface area contributed by atoms with Gasteiger partial charge in [-0.2, -0.15) is 0 Å². The smallest absolute Gasteiger partial charge is 0.187 e. The second-order valence-electron chi connectivity index (χ2n) is 23.1. The normalized spacial score (nSPS) is 52.9. The average molecular weight is 963 g/mol. The monoisotopic (exact) mass is 963 g/mol. The van der Waals surface area contributed by atoms with E-state index in [1.165, 1.54) is 0 Å². The molecule has 19 heteroatoms. The van der Waals surface area contributed by atoms with Crippen LogP contribution in [0.3, 0.4) is 0 Å². The molecule has 0 bridgehead atoms. The topological polar surface area (TPSA) is 318 Å². The van der Waals surface area contributed by atoms with E-state index in [1.807, 2.05) is 34.6 Å². The van der Waals surface area contributed by atoms with Crippen LogP contribution in [0, 0.1) is 45.3 Å². The first-order chi connectivity index (χ1) is 31.3. The highest BCUT2D eigenvalue weighted by atomic mass is 16.7. The third-order valence-electron chi connectivity index (χ3n) is 18.7. The first-order valence-corrected chi connectivity index (χ1v) is 24.5. The second-order valence-corrected chi connectivity index (χ2v) is 23.1. The molecule has 4 aliphatic carbocycles. The lowest BCUT2D eigenvalue weighted by Crippen LogP contribution is -2.71. The van der Waals surface area contributed by atoms with E-state index < -0.39 is 158 Å². The average Bonchev–Trinajstić information content (AvgIpc) is 3.66. The number of aliphatic hydroxyl groups is 13. The molecule has 19 nitrogen and oxygen atoms in total. The van der Waals surface area contributed by atoms with Crippen molar-refractivity contribution in [2.24, 2.45) is 45.3 Å². The van der Waals surface area contributed by atoms with Gasteiger partial charge in [0.1, 0.15) is 73.2 Å². The summed E-state index contributed by atoms with van der Waals surface area (Å²) in [7, 11) is 0. The molecule has 7 fully saturated rings. The predicted octanol–water partition coefficient (Wildman–Crippen LogP) is -1.06. The van der Waals surface area contributed by atoms with Crippen molar-refractivity contribution in [1.29, 1.82) is 0 Å². The molecule has 26 atom stereocenters. The van der Waals surface area contributed by atoms with Crippen LogP contribution in [0.25, 0.3) is 0 Å². The summed E-state index contributed by atoms with van der Waals surface area (Å²) in [5.74, 6) is -1.11. The van der Waals surface area contributed by atoms with Crippen LogP contribution in [0.4, 0.5) is 0 Å². The van der Waals surface area contributed by atoms with Crippen LogP contribution in [0.5, 0.6) is 0 Å². The zero-order chi connectivity index (χ0) is 49.5. The van der Waals surface area contributed by atoms with Crippen molar-refractivity contribution < 1.29 is 94.8 Å². The number of aliphatic hydroxyl groups excluding tert-OH is 13. The molecule has 67 heavy (non-hydrogen) atoms.